The van der Waals surface area contributed by atoms with E-state index >= 15 is 0 Å². The molecular weight excluding hydrogens is 349 g/mol. The highest BCUT2D eigenvalue weighted by Crippen LogP contribution is 2.53. The first kappa shape index (κ1) is 18.6. The summed E-state index contributed by atoms with van der Waals surface area (Å²) in [5.41, 5.74) is 6.11. The Labute approximate surface area is 159 Å². The third-order valence-electron chi connectivity index (χ3n) is 6.33. The molecule has 0 amide bonds. The summed E-state index contributed by atoms with van der Waals surface area (Å²) in [6.07, 6.45) is 4.72. The van der Waals surface area contributed by atoms with Gasteiger partial charge in [-0.3, -0.25) is 0 Å². The number of hydrogen-bond acceptors (Lipinski definition) is 1. The van der Waals surface area contributed by atoms with Gasteiger partial charge in [0.1, 0.15) is 5.76 Å². The largest absolute Gasteiger partial charge is 0.484 e. The van der Waals surface area contributed by atoms with Crippen molar-refractivity contribution in [3.05, 3.63) is 52.1 Å². The third-order valence-corrected chi connectivity index (χ3v) is 6.33. The highest BCUT2D eigenvalue weighted by Gasteiger charge is 2.40. The minimum atomic E-state index is -4.32. The van der Waals surface area contributed by atoms with Crippen LogP contribution < -0.4 is 0 Å². The van der Waals surface area contributed by atoms with Crippen LogP contribution in [0, 0.1) is 18.8 Å². The molecule has 27 heavy (non-hydrogen) atoms. The SMILES string of the molecule is Cc1cccc(/C(OCC(F)(F)F)=C2/C3CCCC2C2=C(CCCC2)C3)c1. The average molecular weight is 376 g/mol. The van der Waals surface area contributed by atoms with Crippen molar-refractivity contribution < 1.29 is 17.9 Å². The average Bonchev–Trinajstić information content (AvgIpc) is 2.61. The molecule has 0 aromatic heterocycles. The molecule has 4 heteroatoms. The van der Waals surface area contributed by atoms with Crippen molar-refractivity contribution in [2.24, 2.45) is 11.8 Å². The molecule has 4 rings (SSSR count). The molecule has 1 fully saturated rings. The van der Waals surface area contributed by atoms with Crippen LogP contribution in [0.25, 0.3) is 5.76 Å². The summed E-state index contributed by atoms with van der Waals surface area (Å²) in [7, 11) is 0. The van der Waals surface area contributed by atoms with Crippen molar-refractivity contribution in [1.29, 1.82) is 0 Å². The van der Waals surface area contributed by atoms with E-state index in [2.05, 4.69) is 0 Å². The van der Waals surface area contributed by atoms with E-state index in [-0.39, 0.29) is 5.92 Å². The molecular formula is C23H27F3O. The van der Waals surface area contributed by atoms with E-state index in [0.29, 0.717) is 11.7 Å². The summed E-state index contributed by atoms with van der Waals surface area (Å²) in [5.74, 6) is 1.13. The van der Waals surface area contributed by atoms with E-state index < -0.39 is 12.8 Å². The minimum absolute atomic E-state index is 0.288. The molecule has 1 nitrogen and oxygen atoms in total. The maximum atomic E-state index is 13.0. The third kappa shape index (κ3) is 3.95. The second-order valence-corrected chi connectivity index (χ2v) is 8.28. The lowest BCUT2D eigenvalue weighted by molar-refractivity contribution is -0.158. The van der Waals surface area contributed by atoms with Gasteiger partial charge in [0.15, 0.2) is 6.61 Å². The number of fused-ring (bicyclic) bond motifs is 3. The predicted molar refractivity (Wildman–Crippen MR) is 101 cm³/mol. The second kappa shape index (κ2) is 7.37. The van der Waals surface area contributed by atoms with Crippen LogP contribution in [0.1, 0.15) is 62.5 Å². The fourth-order valence-corrected chi connectivity index (χ4v) is 5.30. The quantitative estimate of drug-likeness (QED) is 0.409. The van der Waals surface area contributed by atoms with Crippen LogP contribution in [0.15, 0.2) is 41.0 Å². The van der Waals surface area contributed by atoms with Crippen LogP contribution in [0.2, 0.25) is 0 Å². The number of alkyl halides is 3. The first-order valence-corrected chi connectivity index (χ1v) is 10.1. The highest BCUT2D eigenvalue weighted by molar-refractivity contribution is 5.67. The molecule has 2 atom stereocenters. The van der Waals surface area contributed by atoms with Crippen molar-refractivity contribution in [2.45, 2.75) is 64.5 Å². The van der Waals surface area contributed by atoms with Gasteiger partial charge in [0.05, 0.1) is 0 Å². The standard InChI is InChI=1S/C23H27F3O/c1-15-6-4-9-18(12-15)22(27-14-23(24,25)26)21-17-8-5-11-20(21)19-10-3-2-7-16(19)13-17/h4,6,9,12,17,20H,2-3,5,7-8,10-11,13-14H2,1H3/b22-21+. The van der Waals surface area contributed by atoms with Crippen molar-refractivity contribution in [3.63, 3.8) is 0 Å². The Hall–Kier alpha value is -1.71. The Morgan fingerprint density at radius 2 is 1.93 bits per heavy atom. The van der Waals surface area contributed by atoms with Gasteiger partial charge in [0.2, 0.25) is 0 Å². The lowest BCUT2D eigenvalue weighted by Crippen LogP contribution is -2.30. The molecule has 0 saturated heterocycles. The summed E-state index contributed by atoms with van der Waals surface area (Å²) in [6, 6.07) is 7.73. The topological polar surface area (TPSA) is 9.23 Å². The van der Waals surface area contributed by atoms with Crippen LogP contribution in [0.3, 0.4) is 0 Å². The molecule has 0 heterocycles. The first-order valence-electron chi connectivity index (χ1n) is 10.1. The summed E-state index contributed by atoms with van der Waals surface area (Å²) >= 11 is 0. The zero-order chi connectivity index (χ0) is 19.0. The monoisotopic (exact) mass is 376 g/mol. The fraction of sp³-hybridized carbons (Fsp3) is 0.565. The zero-order valence-corrected chi connectivity index (χ0v) is 15.9. The van der Waals surface area contributed by atoms with Crippen LogP contribution in [0.5, 0.6) is 0 Å². The fourth-order valence-electron chi connectivity index (χ4n) is 5.30. The Bertz CT molecular complexity index is 772. The van der Waals surface area contributed by atoms with Crippen LogP contribution in [-0.2, 0) is 4.74 Å². The molecule has 0 spiro atoms. The molecule has 0 aliphatic heterocycles. The van der Waals surface area contributed by atoms with Gasteiger partial charge in [-0.2, -0.15) is 13.2 Å². The summed E-state index contributed by atoms with van der Waals surface area (Å²) in [4.78, 5) is 0. The molecule has 2 bridgehead atoms. The van der Waals surface area contributed by atoms with E-state index in [1.807, 2.05) is 31.2 Å². The van der Waals surface area contributed by atoms with Crippen molar-refractivity contribution in [2.75, 3.05) is 6.61 Å². The number of allylic oxidation sites excluding steroid dienone is 3. The van der Waals surface area contributed by atoms with E-state index in [1.165, 1.54) is 24.8 Å². The molecule has 0 radical (unpaired) electrons. The smallest absolute Gasteiger partial charge is 0.422 e. The summed E-state index contributed by atoms with van der Waals surface area (Å²) < 4.78 is 44.5. The van der Waals surface area contributed by atoms with Crippen LogP contribution >= 0.6 is 0 Å². The van der Waals surface area contributed by atoms with Gasteiger partial charge in [0.25, 0.3) is 0 Å². The maximum Gasteiger partial charge on any atom is 0.422 e. The van der Waals surface area contributed by atoms with Crippen LogP contribution in [-0.4, -0.2) is 12.8 Å². The van der Waals surface area contributed by atoms with Gasteiger partial charge >= 0.3 is 6.18 Å². The second-order valence-electron chi connectivity index (χ2n) is 8.28. The molecule has 3 aliphatic carbocycles. The van der Waals surface area contributed by atoms with Gasteiger partial charge in [0, 0.05) is 11.5 Å². The minimum Gasteiger partial charge on any atom is -0.484 e. The number of benzene rings is 1. The van der Waals surface area contributed by atoms with Crippen molar-refractivity contribution >= 4 is 5.76 Å². The highest BCUT2D eigenvalue weighted by atomic mass is 19.4. The molecule has 0 N–H and O–H groups in total. The van der Waals surface area contributed by atoms with Gasteiger partial charge < -0.3 is 4.74 Å². The Balaban J connectivity index is 1.81. The van der Waals surface area contributed by atoms with E-state index in [0.717, 1.165) is 48.8 Å². The lowest BCUT2D eigenvalue weighted by atomic mass is 9.62. The summed E-state index contributed by atoms with van der Waals surface area (Å²) in [5, 5.41) is 0. The lowest BCUT2D eigenvalue weighted by Gasteiger charge is -2.43. The number of aryl methyl sites for hydroxylation is 1. The van der Waals surface area contributed by atoms with Gasteiger partial charge in [-0.15, -0.1) is 0 Å². The number of ether oxygens (including phenoxy) is 1. The van der Waals surface area contributed by atoms with Crippen molar-refractivity contribution in [3.8, 4) is 0 Å². The van der Waals surface area contributed by atoms with E-state index in [1.54, 1.807) is 5.57 Å². The molecule has 2 unspecified atom stereocenters. The molecule has 1 aromatic rings. The maximum absolute atomic E-state index is 13.0. The van der Waals surface area contributed by atoms with E-state index in [4.69, 9.17) is 4.74 Å². The first-order chi connectivity index (χ1) is 12.9. The number of halogens is 3. The zero-order valence-electron chi connectivity index (χ0n) is 15.9. The normalized spacial score (nSPS) is 27.3. The summed E-state index contributed by atoms with van der Waals surface area (Å²) in [6.45, 7) is 0.754. The Morgan fingerprint density at radius 3 is 2.70 bits per heavy atom. The van der Waals surface area contributed by atoms with E-state index in [9.17, 15) is 13.2 Å². The molecule has 1 aromatic carbocycles. The van der Waals surface area contributed by atoms with Gasteiger partial charge in [-0.05, 0) is 69.4 Å². The molecule has 1 saturated carbocycles. The van der Waals surface area contributed by atoms with Gasteiger partial charge in [-0.25, -0.2) is 0 Å². The van der Waals surface area contributed by atoms with Gasteiger partial charge in [-0.1, -0.05) is 41.3 Å². The molecule has 146 valence electrons. The number of rotatable bonds is 3. The molecule has 3 aliphatic rings. The number of hydrogen-bond donors (Lipinski definition) is 0. The van der Waals surface area contributed by atoms with Crippen molar-refractivity contribution in [1.82, 2.24) is 0 Å². The predicted octanol–water partition coefficient (Wildman–Crippen LogP) is 6.98. The Kier molecular flexibility index (Phi) is 5.09. The van der Waals surface area contributed by atoms with Crippen LogP contribution in [0.4, 0.5) is 13.2 Å². The Morgan fingerprint density at radius 1 is 1.11 bits per heavy atom.